The first-order valence-electron chi connectivity index (χ1n) is 7.08. The molecule has 0 bridgehead atoms. The van der Waals surface area contributed by atoms with E-state index in [-0.39, 0.29) is 11.8 Å². The molecule has 22 heavy (non-hydrogen) atoms. The number of amides is 2. The number of ether oxygens (including phenoxy) is 2. The molecule has 0 atom stereocenters. The Balaban J connectivity index is 2.57. The van der Waals surface area contributed by atoms with Crippen LogP contribution in [-0.2, 0) is 16.0 Å². The standard InChI is InChI=1S/C16H24N2O4/c1-11(19)18-16(2,3)15(20)17-9-8-12-6-7-13(21-4)14(10-12)22-5/h6-7,10H,8-9H2,1-5H3,(H,17,20)(H,18,19). The number of rotatable bonds is 7. The zero-order chi connectivity index (χ0) is 16.8. The summed E-state index contributed by atoms with van der Waals surface area (Å²) in [4.78, 5) is 23.1. The molecule has 0 heterocycles. The lowest BCUT2D eigenvalue weighted by Gasteiger charge is -2.24. The minimum atomic E-state index is -0.927. The summed E-state index contributed by atoms with van der Waals surface area (Å²) in [5.74, 6) is 0.871. The summed E-state index contributed by atoms with van der Waals surface area (Å²) in [6, 6.07) is 5.63. The Kier molecular flexibility index (Phi) is 6.22. The van der Waals surface area contributed by atoms with Gasteiger partial charge in [-0.25, -0.2) is 0 Å². The molecule has 6 nitrogen and oxygen atoms in total. The van der Waals surface area contributed by atoms with Crippen molar-refractivity contribution in [1.29, 1.82) is 0 Å². The van der Waals surface area contributed by atoms with Gasteiger partial charge < -0.3 is 20.1 Å². The SMILES string of the molecule is COc1ccc(CCNC(=O)C(C)(C)NC(C)=O)cc1OC. The molecule has 0 aliphatic heterocycles. The zero-order valence-electron chi connectivity index (χ0n) is 13.8. The van der Waals surface area contributed by atoms with Crippen molar-refractivity contribution >= 4 is 11.8 Å². The third-order valence-electron chi connectivity index (χ3n) is 3.20. The Labute approximate surface area is 131 Å². The molecule has 122 valence electrons. The van der Waals surface area contributed by atoms with E-state index in [9.17, 15) is 9.59 Å². The Bertz CT molecular complexity index is 541. The maximum Gasteiger partial charge on any atom is 0.245 e. The Morgan fingerprint density at radius 2 is 1.77 bits per heavy atom. The predicted molar refractivity (Wildman–Crippen MR) is 84.2 cm³/mol. The van der Waals surface area contributed by atoms with Crippen LogP contribution in [0.3, 0.4) is 0 Å². The number of hydrogen-bond donors (Lipinski definition) is 2. The van der Waals surface area contributed by atoms with Crippen molar-refractivity contribution < 1.29 is 19.1 Å². The minimum absolute atomic E-state index is 0.219. The van der Waals surface area contributed by atoms with E-state index in [0.717, 1.165) is 5.56 Å². The van der Waals surface area contributed by atoms with E-state index in [1.165, 1.54) is 6.92 Å². The van der Waals surface area contributed by atoms with Crippen LogP contribution >= 0.6 is 0 Å². The van der Waals surface area contributed by atoms with Gasteiger partial charge in [0.2, 0.25) is 11.8 Å². The fourth-order valence-electron chi connectivity index (χ4n) is 2.07. The van der Waals surface area contributed by atoms with Crippen LogP contribution in [0.5, 0.6) is 11.5 Å². The normalized spacial score (nSPS) is 10.8. The van der Waals surface area contributed by atoms with Crippen LogP contribution in [0.4, 0.5) is 0 Å². The van der Waals surface area contributed by atoms with Gasteiger partial charge in [-0.3, -0.25) is 9.59 Å². The molecule has 1 aromatic carbocycles. The van der Waals surface area contributed by atoms with E-state index in [4.69, 9.17) is 9.47 Å². The largest absolute Gasteiger partial charge is 0.493 e. The monoisotopic (exact) mass is 308 g/mol. The van der Waals surface area contributed by atoms with E-state index >= 15 is 0 Å². The maximum absolute atomic E-state index is 12.0. The highest BCUT2D eigenvalue weighted by Gasteiger charge is 2.27. The van der Waals surface area contributed by atoms with E-state index in [2.05, 4.69) is 10.6 Å². The van der Waals surface area contributed by atoms with Gasteiger partial charge in [0.1, 0.15) is 5.54 Å². The molecule has 0 saturated carbocycles. The molecule has 0 saturated heterocycles. The van der Waals surface area contributed by atoms with Gasteiger partial charge in [0, 0.05) is 13.5 Å². The van der Waals surface area contributed by atoms with Gasteiger partial charge in [-0.1, -0.05) is 6.07 Å². The summed E-state index contributed by atoms with van der Waals surface area (Å²) >= 11 is 0. The molecule has 1 rings (SSSR count). The minimum Gasteiger partial charge on any atom is -0.493 e. The molecular weight excluding hydrogens is 284 g/mol. The van der Waals surface area contributed by atoms with Crippen molar-refractivity contribution in [3.63, 3.8) is 0 Å². The molecule has 1 aromatic rings. The van der Waals surface area contributed by atoms with Crippen molar-refractivity contribution in [2.75, 3.05) is 20.8 Å². The molecule has 2 amide bonds. The Morgan fingerprint density at radius 3 is 2.32 bits per heavy atom. The average molecular weight is 308 g/mol. The lowest BCUT2D eigenvalue weighted by molar-refractivity contribution is -0.131. The second kappa shape index (κ2) is 7.68. The third kappa shape index (κ3) is 4.95. The second-order valence-corrected chi connectivity index (χ2v) is 5.50. The van der Waals surface area contributed by atoms with Crippen LogP contribution in [0.15, 0.2) is 18.2 Å². The molecule has 0 unspecified atom stereocenters. The van der Waals surface area contributed by atoms with Gasteiger partial charge in [0.25, 0.3) is 0 Å². The Hall–Kier alpha value is -2.24. The third-order valence-corrected chi connectivity index (χ3v) is 3.20. The van der Waals surface area contributed by atoms with E-state index in [1.807, 2.05) is 18.2 Å². The highest BCUT2D eigenvalue weighted by Crippen LogP contribution is 2.27. The summed E-state index contributed by atoms with van der Waals surface area (Å²) in [5.41, 5.74) is 0.0963. The lowest BCUT2D eigenvalue weighted by Crippen LogP contribution is -2.54. The topological polar surface area (TPSA) is 76.7 Å². The van der Waals surface area contributed by atoms with Crippen LogP contribution in [0.25, 0.3) is 0 Å². The molecule has 0 spiro atoms. The molecule has 0 aromatic heterocycles. The van der Waals surface area contributed by atoms with Gasteiger partial charge in [-0.2, -0.15) is 0 Å². The number of methoxy groups -OCH3 is 2. The van der Waals surface area contributed by atoms with Gasteiger partial charge in [0.05, 0.1) is 14.2 Å². The Morgan fingerprint density at radius 1 is 1.14 bits per heavy atom. The molecule has 0 radical (unpaired) electrons. The zero-order valence-corrected chi connectivity index (χ0v) is 13.8. The predicted octanol–water partition coefficient (Wildman–Crippen LogP) is 1.28. The highest BCUT2D eigenvalue weighted by atomic mass is 16.5. The average Bonchev–Trinajstić information content (AvgIpc) is 2.45. The molecular formula is C16H24N2O4. The quantitative estimate of drug-likeness (QED) is 0.795. The summed E-state index contributed by atoms with van der Waals surface area (Å²) < 4.78 is 10.4. The van der Waals surface area contributed by atoms with Gasteiger partial charge >= 0.3 is 0 Å². The van der Waals surface area contributed by atoms with Crippen LogP contribution in [0, 0.1) is 0 Å². The second-order valence-electron chi connectivity index (χ2n) is 5.50. The summed E-state index contributed by atoms with van der Waals surface area (Å²) in [5, 5.41) is 5.43. The van der Waals surface area contributed by atoms with Crippen LogP contribution in [0.2, 0.25) is 0 Å². The summed E-state index contributed by atoms with van der Waals surface area (Å²) in [6.45, 7) is 5.19. The molecule has 0 fully saturated rings. The fraction of sp³-hybridized carbons (Fsp3) is 0.500. The molecule has 2 N–H and O–H groups in total. The number of carbonyl (C=O) groups excluding carboxylic acids is 2. The van der Waals surface area contributed by atoms with E-state index in [0.29, 0.717) is 24.5 Å². The first-order valence-corrected chi connectivity index (χ1v) is 7.08. The van der Waals surface area contributed by atoms with Gasteiger partial charge in [-0.15, -0.1) is 0 Å². The van der Waals surface area contributed by atoms with Crippen molar-refractivity contribution in [2.45, 2.75) is 32.7 Å². The summed E-state index contributed by atoms with van der Waals surface area (Å²) in [7, 11) is 3.17. The lowest BCUT2D eigenvalue weighted by atomic mass is 10.0. The number of benzene rings is 1. The smallest absolute Gasteiger partial charge is 0.245 e. The highest BCUT2D eigenvalue weighted by molar-refractivity contribution is 5.90. The van der Waals surface area contributed by atoms with Crippen molar-refractivity contribution in [3.05, 3.63) is 23.8 Å². The molecule has 0 aliphatic rings. The van der Waals surface area contributed by atoms with Crippen LogP contribution < -0.4 is 20.1 Å². The van der Waals surface area contributed by atoms with Crippen LogP contribution in [-0.4, -0.2) is 38.1 Å². The van der Waals surface area contributed by atoms with Crippen LogP contribution in [0.1, 0.15) is 26.3 Å². The molecule has 0 aliphatic carbocycles. The maximum atomic E-state index is 12.0. The number of nitrogens with one attached hydrogen (secondary N) is 2. The summed E-state index contributed by atoms with van der Waals surface area (Å²) in [6.07, 6.45) is 0.655. The number of hydrogen-bond acceptors (Lipinski definition) is 4. The van der Waals surface area contributed by atoms with Gasteiger partial charge in [0.15, 0.2) is 11.5 Å². The molecule has 6 heteroatoms. The van der Waals surface area contributed by atoms with E-state index in [1.54, 1.807) is 28.1 Å². The van der Waals surface area contributed by atoms with Crippen molar-refractivity contribution in [2.24, 2.45) is 0 Å². The first kappa shape index (κ1) is 17.8. The van der Waals surface area contributed by atoms with E-state index < -0.39 is 5.54 Å². The van der Waals surface area contributed by atoms with Gasteiger partial charge in [-0.05, 0) is 38.0 Å². The van der Waals surface area contributed by atoms with Crippen molar-refractivity contribution in [1.82, 2.24) is 10.6 Å². The number of carbonyl (C=O) groups is 2. The first-order chi connectivity index (χ1) is 10.3. The fourth-order valence-corrected chi connectivity index (χ4v) is 2.07. The van der Waals surface area contributed by atoms with Crippen molar-refractivity contribution in [3.8, 4) is 11.5 Å².